The first-order valence-electron chi connectivity index (χ1n) is 7.82. The second-order valence-corrected chi connectivity index (χ2v) is 7.21. The Kier molecular flexibility index (Phi) is 4.93. The molecule has 130 valence electrons. The van der Waals surface area contributed by atoms with Crippen LogP contribution in [0.3, 0.4) is 0 Å². The van der Waals surface area contributed by atoms with Crippen LogP contribution in [0.1, 0.15) is 11.3 Å². The highest BCUT2D eigenvalue weighted by molar-refractivity contribution is 7.15. The molecule has 0 unspecified atom stereocenters. The molecule has 0 N–H and O–H groups in total. The van der Waals surface area contributed by atoms with Gasteiger partial charge in [0.15, 0.2) is 4.96 Å². The highest BCUT2D eigenvalue weighted by Gasteiger charge is 2.13. The molecule has 4 nitrogen and oxygen atoms in total. The number of halogens is 2. The average molecular weight is 402 g/mol. The molecule has 0 radical (unpaired) electrons. The number of aromatic nitrogens is 2. The molecule has 26 heavy (non-hydrogen) atoms. The van der Waals surface area contributed by atoms with E-state index in [2.05, 4.69) is 5.16 Å². The zero-order chi connectivity index (χ0) is 17.9. The summed E-state index contributed by atoms with van der Waals surface area (Å²) in [7, 11) is 0. The summed E-state index contributed by atoms with van der Waals surface area (Å²) < 4.78 is 2.00. The van der Waals surface area contributed by atoms with Crippen molar-refractivity contribution in [3.05, 3.63) is 81.4 Å². The summed E-state index contributed by atoms with van der Waals surface area (Å²) in [6.45, 7) is 0.305. The van der Waals surface area contributed by atoms with Gasteiger partial charge >= 0.3 is 0 Å². The predicted octanol–water partition coefficient (Wildman–Crippen LogP) is 5.92. The topological polar surface area (TPSA) is 38.9 Å². The molecule has 0 saturated heterocycles. The van der Waals surface area contributed by atoms with E-state index in [9.17, 15) is 0 Å². The van der Waals surface area contributed by atoms with Crippen molar-refractivity contribution in [1.82, 2.24) is 9.38 Å². The lowest BCUT2D eigenvalue weighted by Gasteiger charge is -2.02. The van der Waals surface area contributed by atoms with Crippen LogP contribution in [0.4, 0.5) is 0 Å². The molecule has 0 aliphatic carbocycles. The largest absolute Gasteiger partial charge is 0.391 e. The van der Waals surface area contributed by atoms with Crippen LogP contribution in [0.15, 0.2) is 65.3 Å². The quantitative estimate of drug-likeness (QED) is 0.307. The number of rotatable bonds is 5. The minimum atomic E-state index is 0.305. The van der Waals surface area contributed by atoms with Crippen LogP contribution in [-0.4, -0.2) is 15.6 Å². The van der Waals surface area contributed by atoms with E-state index in [0.717, 1.165) is 27.5 Å². The monoisotopic (exact) mass is 401 g/mol. The first kappa shape index (κ1) is 17.1. The van der Waals surface area contributed by atoms with Crippen LogP contribution in [0, 0.1) is 0 Å². The predicted molar refractivity (Wildman–Crippen MR) is 107 cm³/mol. The highest BCUT2D eigenvalue weighted by Crippen LogP contribution is 2.26. The molecule has 0 aliphatic rings. The maximum atomic E-state index is 6.01. The number of nitrogens with zero attached hydrogens (tertiary/aromatic N) is 3. The molecule has 2 aromatic carbocycles. The summed E-state index contributed by atoms with van der Waals surface area (Å²) in [5.74, 6) is 0. The maximum absolute atomic E-state index is 6.01. The van der Waals surface area contributed by atoms with Crippen molar-refractivity contribution in [3.8, 4) is 11.3 Å². The lowest BCUT2D eigenvalue weighted by Crippen LogP contribution is -1.93. The van der Waals surface area contributed by atoms with Crippen LogP contribution in [0.5, 0.6) is 0 Å². The van der Waals surface area contributed by atoms with E-state index in [-0.39, 0.29) is 0 Å². The van der Waals surface area contributed by atoms with Crippen LogP contribution >= 0.6 is 34.5 Å². The van der Waals surface area contributed by atoms with E-state index >= 15 is 0 Å². The summed E-state index contributed by atoms with van der Waals surface area (Å²) >= 11 is 13.5. The molecule has 0 fully saturated rings. The van der Waals surface area contributed by atoms with Gasteiger partial charge in [-0.1, -0.05) is 64.8 Å². The van der Waals surface area contributed by atoms with E-state index in [0.29, 0.717) is 16.7 Å². The Bertz CT molecular complexity index is 1070. The Balaban J connectivity index is 1.57. The smallest absolute Gasteiger partial charge is 0.194 e. The molecule has 0 saturated carbocycles. The van der Waals surface area contributed by atoms with Crippen molar-refractivity contribution in [2.45, 2.75) is 6.61 Å². The zero-order valence-electron chi connectivity index (χ0n) is 13.5. The number of oxime groups is 1. The van der Waals surface area contributed by atoms with Gasteiger partial charge in [0.2, 0.25) is 0 Å². The molecule has 0 bridgehead atoms. The molecule has 2 heterocycles. The SMILES string of the molecule is Clc1ccc(CO/N=C\c2c(-c3ccccc3)nc3sccn23)cc1Cl. The van der Waals surface area contributed by atoms with Gasteiger partial charge in [-0.2, -0.15) is 0 Å². The van der Waals surface area contributed by atoms with Crippen molar-refractivity contribution in [2.75, 3.05) is 0 Å². The standard InChI is InChI=1S/C19H13Cl2N3OS/c20-15-7-6-13(10-16(15)21)12-25-22-11-17-18(14-4-2-1-3-5-14)23-19-24(17)8-9-26-19/h1-11H,12H2/b22-11-. The fourth-order valence-corrected chi connectivity index (χ4v) is 3.61. The second kappa shape index (κ2) is 7.50. The minimum Gasteiger partial charge on any atom is -0.391 e. The summed E-state index contributed by atoms with van der Waals surface area (Å²) in [5.41, 5.74) is 3.68. The van der Waals surface area contributed by atoms with Gasteiger partial charge in [0.1, 0.15) is 6.61 Å². The third-order valence-corrected chi connectivity index (χ3v) is 5.31. The van der Waals surface area contributed by atoms with Gasteiger partial charge in [-0.25, -0.2) is 4.98 Å². The molecule has 4 rings (SSSR count). The Morgan fingerprint density at radius 2 is 1.96 bits per heavy atom. The number of imidazole rings is 1. The second-order valence-electron chi connectivity index (χ2n) is 5.52. The molecule has 0 spiro atoms. The lowest BCUT2D eigenvalue weighted by molar-refractivity contribution is 0.132. The molecule has 2 aromatic heterocycles. The Hall–Kier alpha value is -2.34. The third-order valence-electron chi connectivity index (χ3n) is 3.81. The third kappa shape index (κ3) is 3.46. The van der Waals surface area contributed by atoms with E-state index in [1.807, 2.05) is 52.4 Å². The number of hydrogen-bond donors (Lipinski definition) is 0. The van der Waals surface area contributed by atoms with Crippen molar-refractivity contribution in [2.24, 2.45) is 5.16 Å². The number of hydrogen-bond acceptors (Lipinski definition) is 4. The molecule has 7 heteroatoms. The maximum Gasteiger partial charge on any atom is 0.194 e. The molecule has 4 aromatic rings. The summed E-state index contributed by atoms with van der Waals surface area (Å²) in [6.07, 6.45) is 3.66. The summed E-state index contributed by atoms with van der Waals surface area (Å²) in [5, 5.41) is 7.13. The fourth-order valence-electron chi connectivity index (χ4n) is 2.56. The van der Waals surface area contributed by atoms with Gasteiger partial charge in [0, 0.05) is 17.1 Å². The lowest BCUT2D eigenvalue weighted by atomic mass is 10.1. The van der Waals surface area contributed by atoms with Gasteiger partial charge < -0.3 is 4.84 Å². The van der Waals surface area contributed by atoms with Crippen LogP contribution < -0.4 is 0 Å². The number of thiazole rings is 1. The minimum absolute atomic E-state index is 0.305. The fraction of sp³-hybridized carbons (Fsp3) is 0.0526. The average Bonchev–Trinajstić information content (AvgIpc) is 3.24. The molecular weight excluding hydrogens is 389 g/mol. The van der Waals surface area contributed by atoms with Crippen LogP contribution in [0.2, 0.25) is 10.0 Å². The first-order chi connectivity index (χ1) is 12.7. The number of benzene rings is 2. The normalized spacial score (nSPS) is 11.5. The van der Waals surface area contributed by atoms with Crippen LogP contribution in [-0.2, 0) is 11.4 Å². The Morgan fingerprint density at radius 3 is 2.77 bits per heavy atom. The zero-order valence-corrected chi connectivity index (χ0v) is 15.8. The Morgan fingerprint density at radius 1 is 1.12 bits per heavy atom. The molecule has 0 atom stereocenters. The van der Waals surface area contributed by atoms with Crippen molar-refractivity contribution < 1.29 is 4.84 Å². The van der Waals surface area contributed by atoms with Crippen molar-refractivity contribution >= 4 is 45.7 Å². The van der Waals surface area contributed by atoms with Gasteiger partial charge in [-0.3, -0.25) is 4.40 Å². The number of fused-ring (bicyclic) bond motifs is 1. The molecular formula is C19H13Cl2N3OS. The van der Waals surface area contributed by atoms with Gasteiger partial charge in [0.05, 0.1) is 27.6 Å². The van der Waals surface area contributed by atoms with Crippen molar-refractivity contribution in [3.63, 3.8) is 0 Å². The summed E-state index contributed by atoms with van der Waals surface area (Å²) in [4.78, 5) is 11.0. The highest BCUT2D eigenvalue weighted by atomic mass is 35.5. The van der Waals surface area contributed by atoms with E-state index in [1.165, 1.54) is 0 Å². The van der Waals surface area contributed by atoms with E-state index < -0.39 is 0 Å². The van der Waals surface area contributed by atoms with E-state index in [1.54, 1.807) is 29.7 Å². The molecule has 0 amide bonds. The molecule has 0 aliphatic heterocycles. The summed E-state index contributed by atoms with van der Waals surface area (Å²) in [6, 6.07) is 15.4. The van der Waals surface area contributed by atoms with Crippen LogP contribution in [0.25, 0.3) is 16.2 Å². The Labute approximate surface area is 164 Å². The van der Waals surface area contributed by atoms with Crippen molar-refractivity contribution in [1.29, 1.82) is 0 Å². The van der Waals surface area contributed by atoms with Gasteiger partial charge in [-0.15, -0.1) is 11.3 Å². The first-order valence-corrected chi connectivity index (χ1v) is 9.46. The van der Waals surface area contributed by atoms with Gasteiger partial charge in [-0.05, 0) is 17.7 Å². The van der Waals surface area contributed by atoms with E-state index in [4.69, 9.17) is 33.0 Å². The van der Waals surface area contributed by atoms with Gasteiger partial charge in [0.25, 0.3) is 0 Å².